The Balaban J connectivity index is 0.813. The Bertz CT molecular complexity index is 5780. The van der Waals surface area contributed by atoms with E-state index >= 15 is 14.4 Å². The van der Waals surface area contributed by atoms with Crippen LogP contribution >= 0.6 is 136 Å². The van der Waals surface area contributed by atoms with Crippen molar-refractivity contribution >= 4 is 258 Å². The summed E-state index contributed by atoms with van der Waals surface area (Å²) in [4.78, 5) is 79.9. The lowest BCUT2D eigenvalue weighted by Gasteiger charge is -2.29. The maximum absolute atomic E-state index is 16.7. The van der Waals surface area contributed by atoms with Crippen LogP contribution in [0.4, 0.5) is 0 Å². The lowest BCUT2D eigenvalue weighted by molar-refractivity contribution is -0.124. The van der Waals surface area contributed by atoms with Gasteiger partial charge in [-0.15, -0.1) is 136 Å². The first-order valence-electron chi connectivity index (χ1n) is 51.2. The zero-order valence-corrected chi connectivity index (χ0v) is 89.0. The average molecular weight is 1960 g/mol. The Hall–Kier alpha value is -4.68. The standard InChI is InChI=1S/C109H146N4O4S12/c1-10-18-26-34-38-46-51-74(50-42-30-22-14-5)68-110(72-114)96(83-65-88-101(127-83)99-78(120-88)58-60-118-99)92-73(9)95(111(107(92)115)69-75(52-43-31-23-15-6)55-47-39-35-27-19-11-2)82-64-90-105(126-82)103-86(122-90)62-80(124-103)81-63-87-104(125-81)106-91(123-87)67-85(129-106)98-94-93(108(116)113(98)71-77(54-45-33-25-17-8)57-49-41-37-29-21-13-4)97(84-66-89-102(128-84)100-79(121-89)59-61-119-100)112(109(94)117)70-76(53-44-32-24-16-7)56-48-40-36-28-20-12-3/h58-67,72,74-77H,10-57,68-71H2,1-9H3/b96-92+. The molecule has 0 saturated carbocycles. The summed E-state index contributed by atoms with van der Waals surface area (Å²) in [6, 6.07) is 18.9. The van der Waals surface area contributed by atoms with Gasteiger partial charge in [-0.3, -0.25) is 19.2 Å². The Labute approximate surface area is 820 Å². The summed E-state index contributed by atoms with van der Waals surface area (Å²) in [5.41, 5.74) is 6.63. The van der Waals surface area contributed by atoms with E-state index in [0.717, 1.165) is 118 Å². The van der Waals surface area contributed by atoms with Crippen LogP contribution in [-0.4, -0.2) is 69.9 Å². The first kappa shape index (κ1) is 98.8. The highest BCUT2D eigenvalue weighted by Crippen LogP contribution is 2.58. The van der Waals surface area contributed by atoms with Crippen LogP contribution in [0.25, 0.3) is 108 Å². The lowest BCUT2D eigenvalue weighted by Crippen LogP contribution is -2.34. The first-order chi connectivity index (χ1) is 63.3. The van der Waals surface area contributed by atoms with Crippen LogP contribution in [0.15, 0.2) is 81.6 Å². The second-order valence-corrected chi connectivity index (χ2v) is 50.7. The molecule has 0 fully saturated rings. The number of fused-ring (bicyclic) bond motifs is 13. The average Bonchev–Trinajstić information content (AvgIpc) is 1.54. The molecule has 698 valence electrons. The molecule has 8 nitrogen and oxygen atoms in total. The summed E-state index contributed by atoms with van der Waals surface area (Å²) in [5, 5.41) is 4.42. The van der Waals surface area contributed by atoms with Gasteiger partial charge in [0.05, 0.1) is 96.6 Å². The van der Waals surface area contributed by atoms with Crippen molar-refractivity contribution in [3.05, 3.63) is 101 Å². The highest BCUT2D eigenvalue weighted by molar-refractivity contribution is 7.43. The van der Waals surface area contributed by atoms with Crippen molar-refractivity contribution in [1.29, 1.82) is 0 Å². The fraction of sp³-hybridized carbons (Fsp3) is 0.596. The van der Waals surface area contributed by atoms with Gasteiger partial charge < -0.3 is 19.6 Å². The normalized spacial score (nSPS) is 15.6. The minimum Gasteiger partial charge on any atom is -0.313 e. The number of thiophene rings is 12. The quantitative estimate of drug-likeness (QED) is 0.0216. The molecule has 0 saturated heterocycles. The zero-order valence-electron chi connectivity index (χ0n) is 79.3. The van der Waals surface area contributed by atoms with Crippen molar-refractivity contribution in [3.63, 3.8) is 0 Å². The van der Waals surface area contributed by atoms with Gasteiger partial charge in [0.15, 0.2) is 0 Å². The van der Waals surface area contributed by atoms with Crippen molar-refractivity contribution in [2.45, 2.75) is 371 Å². The largest absolute Gasteiger partial charge is 0.313 e. The van der Waals surface area contributed by atoms with Gasteiger partial charge in [0.25, 0.3) is 17.7 Å². The fourth-order valence-electron chi connectivity index (χ4n) is 20.9. The molecule has 0 radical (unpaired) electrons. The third kappa shape index (κ3) is 23.6. The Morgan fingerprint density at radius 2 is 0.574 bits per heavy atom. The number of carbonyl (C=O) groups is 4. The molecule has 20 heteroatoms. The monoisotopic (exact) mass is 1960 g/mol. The molecule has 0 N–H and O–H groups in total. The molecular formula is C109H146N4O4S12. The predicted octanol–water partition coefficient (Wildman–Crippen LogP) is 38.9. The van der Waals surface area contributed by atoms with E-state index in [1.807, 2.05) is 118 Å². The maximum atomic E-state index is 16.7. The fourth-order valence-corrected chi connectivity index (χ4v) is 36.9. The highest BCUT2D eigenvalue weighted by Gasteiger charge is 2.51. The molecule has 0 aliphatic carbocycles. The van der Waals surface area contributed by atoms with Crippen molar-refractivity contribution in [2.24, 2.45) is 23.7 Å². The van der Waals surface area contributed by atoms with Gasteiger partial charge in [0, 0.05) is 73.5 Å². The van der Waals surface area contributed by atoms with Crippen LogP contribution in [0.3, 0.4) is 0 Å². The van der Waals surface area contributed by atoms with E-state index in [2.05, 4.69) is 136 Å². The van der Waals surface area contributed by atoms with Crippen molar-refractivity contribution in [1.82, 2.24) is 19.6 Å². The third-order valence-electron chi connectivity index (χ3n) is 28.1. The van der Waals surface area contributed by atoms with Gasteiger partial charge in [0.2, 0.25) is 6.41 Å². The molecule has 0 bridgehead atoms. The minimum atomic E-state index is 0.0312. The topological polar surface area (TPSA) is 81.2 Å². The molecule has 4 unspecified atom stereocenters. The summed E-state index contributed by atoms with van der Waals surface area (Å²) >= 11 is 22.2. The molecule has 0 spiro atoms. The number of rotatable bonds is 63. The van der Waals surface area contributed by atoms with Gasteiger partial charge in [-0.05, 0) is 147 Å². The van der Waals surface area contributed by atoms with Crippen LogP contribution in [0.1, 0.15) is 390 Å². The first-order valence-corrected chi connectivity index (χ1v) is 61.1. The number of carbonyl (C=O) groups excluding carboxylic acids is 4. The Morgan fingerprint density at radius 1 is 0.302 bits per heavy atom. The van der Waals surface area contributed by atoms with E-state index in [1.165, 1.54) is 329 Å². The molecule has 3 aliphatic rings. The molecule has 4 amide bonds. The van der Waals surface area contributed by atoms with Crippen LogP contribution < -0.4 is 0 Å². The van der Waals surface area contributed by atoms with E-state index in [1.54, 1.807) is 22.7 Å². The van der Waals surface area contributed by atoms with E-state index in [4.69, 9.17) is 0 Å². The molecular weight excluding hydrogens is 1810 g/mol. The zero-order chi connectivity index (χ0) is 89.7. The van der Waals surface area contributed by atoms with Gasteiger partial charge in [-0.25, -0.2) is 0 Å². The van der Waals surface area contributed by atoms with Crippen molar-refractivity contribution in [2.75, 3.05) is 26.2 Å². The number of nitrogens with zero attached hydrogens (tertiary/aromatic N) is 4. The molecule has 3 aliphatic heterocycles. The van der Waals surface area contributed by atoms with Crippen LogP contribution in [0.2, 0.25) is 0 Å². The predicted molar refractivity (Wildman–Crippen MR) is 582 cm³/mol. The molecule has 12 aromatic heterocycles. The Morgan fingerprint density at radius 3 is 0.922 bits per heavy atom. The number of hydrogen-bond acceptors (Lipinski definition) is 16. The van der Waals surface area contributed by atoms with E-state index in [0.29, 0.717) is 66.6 Å². The second-order valence-electron chi connectivity index (χ2n) is 38.2. The SMILES string of the molecule is CCCCCCCCC(CCCCCC)CN1C(=O)C2=C(c3cc4sc5cc(-c6cc7sc8cc(C9=C(C)/C(=C(/c%10cc%11sc%12ccsc%12c%11s%10)N(C=O)CC(CCCCCC)CCCCCCCC)C(=O)N9CC(CCCCCC)CCCCCCCC)sc8c7s6)sc5c4s3)N(CC(CCCCCC)CCCCCCCC)C(=O)C2=C1c1cc2sc3ccsc3c2s1. The van der Waals surface area contributed by atoms with Crippen LogP contribution in [0, 0.1) is 23.7 Å². The molecule has 0 aromatic carbocycles. The second kappa shape index (κ2) is 49.4. The summed E-state index contributed by atoms with van der Waals surface area (Å²) in [6.07, 6.45) is 59.0. The van der Waals surface area contributed by atoms with Gasteiger partial charge >= 0.3 is 0 Å². The van der Waals surface area contributed by atoms with Gasteiger partial charge in [-0.1, -0.05) is 312 Å². The van der Waals surface area contributed by atoms with E-state index in [-0.39, 0.29) is 17.7 Å². The summed E-state index contributed by atoms with van der Waals surface area (Å²) < 4.78 is 20.5. The molecule has 129 heavy (non-hydrogen) atoms. The molecule has 15 heterocycles. The van der Waals surface area contributed by atoms with Crippen LogP contribution in [0.5, 0.6) is 0 Å². The van der Waals surface area contributed by atoms with E-state index < -0.39 is 0 Å². The number of unbranched alkanes of at least 4 members (excludes halogenated alkanes) is 32. The van der Waals surface area contributed by atoms with Gasteiger partial charge in [0.1, 0.15) is 0 Å². The van der Waals surface area contributed by atoms with Crippen molar-refractivity contribution < 1.29 is 19.2 Å². The van der Waals surface area contributed by atoms with E-state index in [9.17, 15) is 4.79 Å². The molecule has 12 aromatic rings. The summed E-state index contributed by atoms with van der Waals surface area (Å²) in [5.74, 6) is 1.48. The van der Waals surface area contributed by atoms with Crippen molar-refractivity contribution in [3.8, 4) is 9.75 Å². The maximum Gasteiger partial charge on any atom is 0.261 e. The van der Waals surface area contributed by atoms with Crippen LogP contribution in [-0.2, 0) is 19.2 Å². The number of amides is 4. The number of hydrogen-bond donors (Lipinski definition) is 0. The molecule has 4 atom stereocenters. The Kier molecular flexibility index (Phi) is 37.8. The van der Waals surface area contributed by atoms with Gasteiger partial charge in [-0.2, -0.15) is 0 Å². The highest BCUT2D eigenvalue weighted by atomic mass is 32.1. The third-order valence-corrected chi connectivity index (χ3v) is 43.0. The summed E-state index contributed by atoms with van der Waals surface area (Å²) in [7, 11) is 0. The smallest absolute Gasteiger partial charge is 0.261 e. The minimum absolute atomic E-state index is 0.0312. The summed E-state index contributed by atoms with van der Waals surface area (Å²) in [6.45, 7) is 23.2. The lowest BCUT2D eigenvalue weighted by atomic mass is 9.93. The molecule has 15 rings (SSSR count).